The van der Waals surface area contributed by atoms with Crippen LogP contribution >= 0.6 is 0 Å². The fourth-order valence-electron chi connectivity index (χ4n) is 1.51. The Morgan fingerprint density at radius 3 is 2.36 bits per heavy atom. The number of likely N-dealkylation sites (N-methyl/N-ethyl adjacent to an activating group) is 1. The lowest BCUT2D eigenvalue weighted by molar-refractivity contribution is 0.0643. The summed E-state index contributed by atoms with van der Waals surface area (Å²) in [6, 6.07) is 0. The largest absolute Gasteiger partial charge is 0.377 e. The lowest BCUT2D eigenvalue weighted by Gasteiger charge is -2.11. The summed E-state index contributed by atoms with van der Waals surface area (Å²) in [5.41, 5.74) is 0. The van der Waals surface area contributed by atoms with Crippen molar-refractivity contribution in [2.45, 2.75) is 58.5 Å². The monoisotopic (exact) mass is 201 g/mol. The van der Waals surface area contributed by atoms with Crippen molar-refractivity contribution in [3.05, 3.63) is 0 Å². The fourth-order valence-corrected chi connectivity index (χ4v) is 1.51. The van der Waals surface area contributed by atoms with Crippen molar-refractivity contribution in [3.8, 4) is 0 Å². The van der Waals surface area contributed by atoms with Gasteiger partial charge in [-0.15, -0.1) is 0 Å². The third kappa shape index (κ3) is 10.0. The molecule has 0 aliphatic heterocycles. The Hall–Kier alpha value is -0.0800. The maximum atomic E-state index is 5.63. The predicted octanol–water partition coefficient (Wildman–Crippen LogP) is 2.97. The zero-order chi connectivity index (χ0) is 10.6. The smallest absolute Gasteiger partial charge is 0.0671 e. The highest BCUT2D eigenvalue weighted by atomic mass is 16.5. The zero-order valence-corrected chi connectivity index (χ0v) is 10.1. The molecule has 0 aromatic heterocycles. The second kappa shape index (κ2) is 11.0. The van der Waals surface area contributed by atoms with Crippen molar-refractivity contribution in [1.29, 1.82) is 0 Å². The number of ether oxygens (including phenoxy) is 1. The Labute approximate surface area is 89.4 Å². The van der Waals surface area contributed by atoms with Gasteiger partial charge in [-0.2, -0.15) is 0 Å². The number of hydrogen-bond acceptors (Lipinski definition) is 2. The van der Waals surface area contributed by atoms with Crippen molar-refractivity contribution < 1.29 is 4.74 Å². The van der Waals surface area contributed by atoms with Gasteiger partial charge in [0, 0.05) is 13.2 Å². The van der Waals surface area contributed by atoms with E-state index in [4.69, 9.17) is 4.74 Å². The molecule has 1 unspecified atom stereocenters. The van der Waals surface area contributed by atoms with Gasteiger partial charge >= 0.3 is 0 Å². The van der Waals surface area contributed by atoms with Crippen LogP contribution in [0, 0.1) is 0 Å². The topological polar surface area (TPSA) is 21.3 Å². The molecule has 0 bridgehead atoms. The fraction of sp³-hybridized carbons (Fsp3) is 1.00. The molecule has 0 saturated carbocycles. The Kier molecular flexibility index (Phi) is 10.9. The highest BCUT2D eigenvalue weighted by Crippen LogP contribution is 2.05. The van der Waals surface area contributed by atoms with Crippen molar-refractivity contribution in [1.82, 2.24) is 5.32 Å². The van der Waals surface area contributed by atoms with Crippen LogP contribution in [0.25, 0.3) is 0 Å². The SMILES string of the molecule is CCCCCCCCOC(C)CNC. The van der Waals surface area contributed by atoms with E-state index < -0.39 is 0 Å². The van der Waals surface area contributed by atoms with Crippen molar-refractivity contribution in [2.24, 2.45) is 0 Å². The third-order valence-electron chi connectivity index (χ3n) is 2.39. The van der Waals surface area contributed by atoms with Crippen LogP contribution in [-0.4, -0.2) is 26.3 Å². The minimum atomic E-state index is 0.357. The van der Waals surface area contributed by atoms with E-state index in [1.807, 2.05) is 7.05 Å². The normalized spacial score (nSPS) is 13.1. The second-order valence-corrected chi connectivity index (χ2v) is 4.01. The summed E-state index contributed by atoms with van der Waals surface area (Å²) >= 11 is 0. The lowest BCUT2D eigenvalue weighted by Crippen LogP contribution is -2.23. The number of hydrogen-bond donors (Lipinski definition) is 1. The summed E-state index contributed by atoms with van der Waals surface area (Å²) in [4.78, 5) is 0. The Bertz CT molecular complexity index is 106. The molecular weight excluding hydrogens is 174 g/mol. The molecule has 0 rings (SSSR count). The van der Waals surface area contributed by atoms with E-state index >= 15 is 0 Å². The van der Waals surface area contributed by atoms with Crippen LogP contribution in [0.4, 0.5) is 0 Å². The molecule has 14 heavy (non-hydrogen) atoms. The predicted molar refractivity (Wildman–Crippen MR) is 62.7 cm³/mol. The molecular formula is C12H27NO. The van der Waals surface area contributed by atoms with Gasteiger partial charge < -0.3 is 10.1 Å². The minimum Gasteiger partial charge on any atom is -0.377 e. The summed E-state index contributed by atoms with van der Waals surface area (Å²) in [6.07, 6.45) is 8.38. The second-order valence-electron chi connectivity index (χ2n) is 4.01. The number of nitrogens with one attached hydrogen (secondary N) is 1. The van der Waals surface area contributed by atoms with Crippen LogP contribution in [0.3, 0.4) is 0 Å². The zero-order valence-electron chi connectivity index (χ0n) is 10.1. The molecule has 2 nitrogen and oxygen atoms in total. The molecule has 0 fully saturated rings. The maximum Gasteiger partial charge on any atom is 0.0671 e. The number of unbranched alkanes of at least 4 members (excludes halogenated alkanes) is 5. The van der Waals surface area contributed by atoms with Crippen LogP contribution < -0.4 is 5.32 Å². The van der Waals surface area contributed by atoms with Crippen LogP contribution in [0.15, 0.2) is 0 Å². The van der Waals surface area contributed by atoms with Crippen LogP contribution in [0.1, 0.15) is 52.4 Å². The molecule has 0 spiro atoms. The molecule has 0 saturated heterocycles. The van der Waals surface area contributed by atoms with E-state index in [1.165, 1.54) is 38.5 Å². The highest BCUT2D eigenvalue weighted by Gasteiger charge is 1.98. The molecule has 1 N–H and O–H groups in total. The van der Waals surface area contributed by atoms with Gasteiger partial charge in [-0.1, -0.05) is 39.0 Å². The molecule has 0 aromatic carbocycles. The van der Waals surface area contributed by atoms with E-state index in [2.05, 4.69) is 19.2 Å². The summed E-state index contributed by atoms with van der Waals surface area (Å²) < 4.78 is 5.63. The summed E-state index contributed by atoms with van der Waals surface area (Å²) in [5, 5.41) is 3.11. The van der Waals surface area contributed by atoms with E-state index in [9.17, 15) is 0 Å². The first-order chi connectivity index (χ1) is 6.81. The van der Waals surface area contributed by atoms with Gasteiger partial charge in [0.25, 0.3) is 0 Å². The lowest BCUT2D eigenvalue weighted by atomic mass is 10.1. The summed E-state index contributed by atoms with van der Waals surface area (Å²) in [5.74, 6) is 0. The molecule has 0 radical (unpaired) electrons. The molecule has 0 aliphatic rings. The van der Waals surface area contributed by atoms with E-state index in [0.29, 0.717) is 6.10 Å². The number of rotatable bonds is 10. The van der Waals surface area contributed by atoms with Gasteiger partial charge in [0.05, 0.1) is 6.10 Å². The van der Waals surface area contributed by atoms with Crippen molar-refractivity contribution >= 4 is 0 Å². The molecule has 0 amide bonds. The maximum absolute atomic E-state index is 5.63. The summed E-state index contributed by atoms with van der Waals surface area (Å²) in [6.45, 7) is 6.25. The van der Waals surface area contributed by atoms with E-state index in [-0.39, 0.29) is 0 Å². The standard InChI is InChI=1S/C12H27NO/c1-4-5-6-7-8-9-10-14-12(2)11-13-3/h12-13H,4-11H2,1-3H3. The first-order valence-electron chi connectivity index (χ1n) is 6.07. The third-order valence-corrected chi connectivity index (χ3v) is 2.39. The first-order valence-corrected chi connectivity index (χ1v) is 6.07. The van der Waals surface area contributed by atoms with Crippen molar-refractivity contribution in [2.75, 3.05) is 20.2 Å². The molecule has 2 heteroatoms. The van der Waals surface area contributed by atoms with Crippen LogP contribution in [-0.2, 0) is 4.74 Å². The molecule has 86 valence electrons. The van der Waals surface area contributed by atoms with Gasteiger partial charge in [0.15, 0.2) is 0 Å². The Morgan fingerprint density at radius 1 is 1.07 bits per heavy atom. The molecule has 0 heterocycles. The van der Waals surface area contributed by atoms with Gasteiger partial charge in [-0.05, 0) is 20.4 Å². The van der Waals surface area contributed by atoms with E-state index in [1.54, 1.807) is 0 Å². The van der Waals surface area contributed by atoms with Crippen LogP contribution in [0.5, 0.6) is 0 Å². The van der Waals surface area contributed by atoms with E-state index in [0.717, 1.165) is 13.2 Å². The Balaban J connectivity index is 2.98. The quantitative estimate of drug-likeness (QED) is 0.549. The molecule has 0 aliphatic carbocycles. The van der Waals surface area contributed by atoms with Gasteiger partial charge in [0.1, 0.15) is 0 Å². The average Bonchev–Trinajstić information content (AvgIpc) is 2.17. The minimum absolute atomic E-state index is 0.357. The average molecular weight is 201 g/mol. The molecule has 1 atom stereocenters. The Morgan fingerprint density at radius 2 is 1.71 bits per heavy atom. The summed E-state index contributed by atoms with van der Waals surface area (Å²) in [7, 11) is 1.96. The van der Waals surface area contributed by atoms with Crippen LogP contribution in [0.2, 0.25) is 0 Å². The molecule has 0 aromatic rings. The van der Waals surface area contributed by atoms with Crippen molar-refractivity contribution in [3.63, 3.8) is 0 Å². The highest BCUT2D eigenvalue weighted by molar-refractivity contribution is 4.51. The van der Waals surface area contributed by atoms with Gasteiger partial charge in [0.2, 0.25) is 0 Å². The first kappa shape index (κ1) is 13.9. The van der Waals surface area contributed by atoms with Gasteiger partial charge in [-0.3, -0.25) is 0 Å². The van der Waals surface area contributed by atoms with Gasteiger partial charge in [-0.25, -0.2) is 0 Å².